The number of anilines is 1. The molecule has 1 fully saturated rings. The third-order valence-corrected chi connectivity index (χ3v) is 5.45. The Morgan fingerprint density at radius 2 is 2.14 bits per heavy atom. The summed E-state index contributed by atoms with van der Waals surface area (Å²) in [5.41, 5.74) is 11.1. The highest BCUT2D eigenvalue weighted by atomic mass is 32.2. The van der Waals surface area contributed by atoms with Crippen LogP contribution in [0.2, 0.25) is 0 Å². The van der Waals surface area contributed by atoms with E-state index in [-0.39, 0.29) is 17.0 Å². The lowest BCUT2D eigenvalue weighted by Gasteiger charge is -2.30. The fraction of sp³-hybridized carbons (Fsp3) is 0.385. The Labute approximate surface area is 123 Å². The number of benzene rings is 1. The van der Waals surface area contributed by atoms with E-state index in [4.69, 9.17) is 16.7 Å². The summed E-state index contributed by atoms with van der Waals surface area (Å²) in [6.07, 6.45) is 1.14. The van der Waals surface area contributed by atoms with Crippen LogP contribution in [0.15, 0.2) is 23.1 Å². The van der Waals surface area contributed by atoms with Crippen LogP contribution >= 0.6 is 0 Å². The van der Waals surface area contributed by atoms with Crippen LogP contribution in [0.1, 0.15) is 18.4 Å². The highest BCUT2D eigenvalue weighted by Gasteiger charge is 2.33. The zero-order valence-corrected chi connectivity index (χ0v) is 12.1. The Morgan fingerprint density at radius 3 is 2.76 bits per heavy atom. The number of piperidine rings is 1. The molecule has 1 aromatic rings. The van der Waals surface area contributed by atoms with Crippen molar-refractivity contribution >= 4 is 21.6 Å². The molecule has 1 aromatic carbocycles. The molecular formula is C13H16N4O3S. The topological polar surface area (TPSA) is 130 Å². The van der Waals surface area contributed by atoms with Crippen LogP contribution < -0.4 is 11.5 Å². The molecule has 2 rings (SSSR count). The normalized spacial score (nSPS) is 19.9. The van der Waals surface area contributed by atoms with Crippen molar-refractivity contribution in [2.75, 3.05) is 18.8 Å². The fourth-order valence-electron chi connectivity index (χ4n) is 2.39. The maximum atomic E-state index is 12.6. The van der Waals surface area contributed by atoms with Crippen molar-refractivity contribution < 1.29 is 13.2 Å². The average molecular weight is 308 g/mol. The van der Waals surface area contributed by atoms with E-state index in [0.717, 1.165) is 0 Å². The van der Waals surface area contributed by atoms with E-state index >= 15 is 0 Å². The molecule has 8 heteroatoms. The number of carbonyl (C=O) groups excluding carboxylic acids is 1. The summed E-state index contributed by atoms with van der Waals surface area (Å²) in [6.45, 7) is 0.355. The molecular weight excluding hydrogens is 292 g/mol. The third kappa shape index (κ3) is 2.99. The Kier molecular flexibility index (Phi) is 4.16. The van der Waals surface area contributed by atoms with E-state index in [0.29, 0.717) is 25.1 Å². The van der Waals surface area contributed by atoms with Crippen LogP contribution in [0.5, 0.6) is 0 Å². The first-order valence-corrected chi connectivity index (χ1v) is 7.89. The molecule has 0 aromatic heterocycles. The number of nitrogens with zero attached hydrogens (tertiary/aromatic N) is 2. The van der Waals surface area contributed by atoms with Gasteiger partial charge in [0.15, 0.2) is 0 Å². The first kappa shape index (κ1) is 15.3. The van der Waals surface area contributed by atoms with Gasteiger partial charge in [-0.2, -0.15) is 9.57 Å². The number of nitrogen functional groups attached to an aromatic ring is 1. The van der Waals surface area contributed by atoms with Gasteiger partial charge in [0.1, 0.15) is 11.0 Å². The van der Waals surface area contributed by atoms with E-state index in [9.17, 15) is 13.2 Å². The standard InChI is InChI=1S/C13H16N4O3S/c14-7-10-6-11(15)3-4-12(10)21(19,20)17-5-1-2-9(8-17)13(16)18/h3-4,6,9H,1-2,5,8,15H2,(H2,16,18). The molecule has 1 amide bonds. The lowest BCUT2D eigenvalue weighted by molar-refractivity contribution is -0.122. The Bertz CT molecular complexity index is 709. The number of rotatable bonds is 3. The minimum absolute atomic E-state index is 0.00352. The molecule has 7 nitrogen and oxygen atoms in total. The van der Waals surface area contributed by atoms with Crippen molar-refractivity contribution in [3.63, 3.8) is 0 Å². The van der Waals surface area contributed by atoms with Crippen LogP contribution in [0.3, 0.4) is 0 Å². The maximum Gasteiger partial charge on any atom is 0.244 e. The van der Waals surface area contributed by atoms with Gasteiger partial charge in [0.05, 0.1) is 11.5 Å². The first-order valence-electron chi connectivity index (χ1n) is 6.45. The maximum absolute atomic E-state index is 12.6. The number of hydrogen-bond acceptors (Lipinski definition) is 5. The summed E-state index contributed by atoms with van der Waals surface area (Å²) in [4.78, 5) is 11.2. The van der Waals surface area contributed by atoms with E-state index < -0.39 is 21.8 Å². The van der Waals surface area contributed by atoms with Crippen molar-refractivity contribution in [2.24, 2.45) is 11.7 Å². The highest BCUT2D eigenvalue weighted by Crippen LogP contribution is 2.26. The van der Waals surface area contributed by atoms with Crippen molar-refractivity contribution in [1.82, 2.24) is 4.31 Å². The third-order valence-electron chi connectivity index (χ3n) is 3.53. The van der Waals surface area contributed by atoms with Gasteiger partial charge in [-0.05, 0) is 31.0 Å². The molecule has 4 N–H and O–H groups in total. The largest absolute Gasteiger partial charge is 0.399 e. The molecule has 1 aliphatic heterocycles. The van der Waals surface area contributed by atoms with Gasteiger partial charge in [0.2, 0.25) is 15.9 Å². The number of hydrogen-bond donors (Lipinski definition) is 2. The van der Waals surface area contributed by atoms with E-state index in [1.165, 1.54) is 22.5 Å². The number of sulfonamides is 1. The quantitative estimate of drug-likeness (QED) is 0.760. The zero-order chi connectivity index (χ0) is 15.6. The first-order chi connectivity index (χ1) is 9.86. The summed E-state index contributed by atoms with van der Waals surface area (Å²) in [5, 5.41) is 9.08. The van der Waals surface area contributed by atoms with Gasteiger partial charge < -0.3 is 11.5 Å². The van der Waals surface area contributed by atoms with E-state index in [2.05, 4.69) is 0 Å². The molecule has 1 unspecified atom stereocenters. The second kappa shape index (κ2) is 5.71. The average Bonchev–Trinajstić information content (AvgIpc) is 2.46. The summed E-state index contributed by atoms with van der Waals surface area (Å²) >= 11 is 0. The molecule has 0 radical (unpaired) electrons. The van der Waals surface area contributed by atoms with Crippen LogP contribution in [0.4, 0.5) is 5.69 Å². The number of nitriles is 1. The van der Waals surface area contributed by atoms with E-state index in [1.54, 1.807) is 0 Å². The Balaban J connectivity index is 2.39. The van der Waals surface area contributed by atoms with Gasteiger partial charge in [-0.25, -0.2) is 8.42 Å². The summed E-state index contributed by atoms with van der Waals surface area (Å²) < 4.78 is 26.5. The molecule has 0 spiro atoms. The zero-order valence-electron chi connectivity index (χ0n) is 11.3. The number of nitrogens with two attached hydrogens (primary N) is 2. The molecule has 1 saturated heterocycles. The molecule has 1 heterocycles. The molecule has 1 aliphatic rings. The van der Waals surface area contributed by atoms with Crippen LogP contribution in [-0.4, -0.2) is 31.7 Å². The second-order valence-corrected chi connectivity index (χ2v) is 6.88. The van der Waals surface area contributed by atoms with Gasteiger partial charge >= 0.3 is 0 Å². The Morgan fingerprint density at radius 1 is 1.43 bits per heavy atom. The van der Waals surface area contributed by atoms with Crippen LogP contribution in [0.25, 0.3) is 0 Å². The molecule has 0 bridgehead atoms. The monoisotopic (exact) mass is 308 g/mol. The number of carbonyl (C=O) groups is 1. The fourth-order valence-corrected chi connectivity index (χ4v) is 4.04. The van der Waals surface area contributed by atoms with Gasteiger partial charge in [-0.1, -0.05) is 0 Å². The van der Waals surface area contributed by atoms with E-state index in [1.807, 2.05) is 6.07 Å². The van der Waals surface area contributed by atoms with Crippen molar-refractivity contribution in [2.45, 2.75) is 17.7 Å². The Hall–Kier alpha value is -2.11. The van der Waals surface area contributed by atoms with Crippen LogP contribution in [0, 0.1) is 17.2 Å². The lowest BCUT2D eigenvalue weighted by atomic mass is 9.99. The van der Waals surface area contributed by atoms with Crippen molar-refractivity contribution in [3.8, 4) is 6.07 Å². The second-order valence-electron chi connectivity index (χ2n) is 4.97. The molecule has 21 heavy (non-hydrogen) atoms. The van der Waals surface area contributed by atoms with Gasteiger partial charge in [-0.3, -0.25) is 4.79 Å². The predicted molar refractivity (Wildman–Crippen MR) is 76.2 cm³/mol. The predicted octanol–water partition coefficient (Wildman–Crippen LogP) is 0.0265. The van der Waals surface area contributed by atoms with Crippen molar-refractivity contribution in [1.29, 1.82) is 5.26 Å². The lowest BCUT2D eigenvalue weighted by Crippen LogP contribution is -2.44. The molecule has 0 aliphatic carbocycles. The summed E-state index contributed by atoms with van der Waals surface area (Å²) in [7, 11) is -3.84. The summed E-state index contributed by atoms with van der Waals surface area (Å²) in [5.74, 6) is -0.999. The highest BCUT2D eigenvalue weighted by molar-refractivity contribution is 7.89. The number of primary amides is 1. The van der Waals surface area contributed by atoms with Gasteiger partial charge in [0, 0.05) is 18.8 Å². The van der Waals surface area contributed by atoms with Gasteiger partial charge in [-0.15, -0.1) is 0 Å². The van der Waals surface area contributed by atoms with Crippen molar-refractivity contribution in [3.05, 3.63) is 23.8 Å². The summed E-state index contributed by atoms with van der Waals surface area (Å²) in [6, 6.07) is 5.91. The smallest absolute Gasteiger partial charge is 0.244 e. The molecule has 0 saturated carbocycles. The minimum atomic E-state index is -3.84. The minimum Gasteiger partial charge on any atom is -0.399 e. The molecule has 112 valence electrons. The SMILES string of the molecule is N#Cc1cc(N)ccc1S(=O)(=O)N1CCCC(C(N)=O)C1. The molecule has 1 atom stereocenters. The van der Waals surface area contributed by atoms with Gasteiger partial charge in [0.25, 0.3) is 0 Å². The number of amides is 1. The van der Waals surface area contributed by atoms with Crippen LogP contribution in [-0.2, 0) is 14.8 Å².